The van der Waals surface area contributed by atoms with E-state index in [0.717, 1.165) is 22.0 Å². The lowest BCUT2D eigenvalue weighted by molar-refractivity contribution is 0.305. The molecule has 0 saturated carbocycles. The largest absolute Gasteiger partial charge is 0.486 e. The van der Waals surface area contributed by atoms with Crippen LogP contribution in [0.25, 0.3) is 11.4 Å². The number of hydrogen-bond acceptors (Lipinski definition) is 7. The van der Waals surface area contributed by atoms with Crippen LogP contribution in [0.15, 0.2) is 59.1 Å². The van der Waals surface area contributed by atoms with Crippen molar-refractivity contribution >= 4 is 46.3 Å². The minimum absolute atomic E-state index is 0.406. The van der Waals surface area contributed by atoms with Crippen LogP contribution in [0.4, 0.5) is 0 Å². The maximum absolute atomic E-state index is 6.16. The number of halogens is 2. The molecular weight excluding hydrogens is 449 g/mol. The van der Waals surface area contributed by atoms with Gasteiger partial charge in [-0.1, -0.05) is 47.1 Å². The topological polar surface area (TPSA) is 78.9 Å². The Labute approximate surface area is 185 Å². The van der Waals surface area contributed by atoms with E-state index in [1.165, 1.54) is 16.4 Å². The Morgan fingerprint density at radius 3 is 2.69 bits per heavy atom. The summed E-state index contributed by atoms with van der Waals surface area (Å²) in [4.78, 5) is 4.60. The average Bonchev–Trinajstić information content (AvgIpc) is 3.32. The lowest BCUT2D eigenvalue weighted by Gasteiger charge is -2.04. The van der Waals surface area contributed by atoms with Crippen molar-refractivity contribution in [3.63, 3.8) is 0 Å². The van der Waals surface area contributed by atoms with Gasteiger partial charge in [-0.25, -0.2) is 9.66 Å². The summed E-state index contributed by atoms with van der Waals surface area (Å²) in [6, 6.07) is 14.6. The quantitative estimate of drug-likeness (QED) is 0.296. The molecule has 0 aliphatic carbocycles. The number of benzene rings is 2. The summed E-state index contributed by atoms with van der Waals surface area (Å²) < 4.78 is 7.19. The Balaban J connectivity index is 1.36. The number of nitrogen functional groups attached to an aromatic ring is 1. The number of ether oxygens (including phenoxy) is 1. The van der Waals surface area contributed by atoms with Gasteiger partial charge in [0.05, 0.1) is 5.69 Å². The van der Waals surface area contributed by atoms with Crippen molar-refractivity contribution in [3.8, 4) is 17.1 Å². The highest BCUT2D eigenvalue weighted by atomic mass is 35.5. The molecule has 6 nitrogen and oxygen atoms in total. The Kier molecular flexibility index (Phi) is 6.25. The van der Waals surface area contributed by atoms with Gasteiger partial charge in [-0.2, -0.15) is 0 Å². The normalized spacial score (nSPS) is 11.0. The lowest BCUT2D eigenvalue weighted by Crippen LogP contribution is -2.11. The predicted octanol–water partition coefficient (Wildman–Crippen LogP) is 5.29. The second kappa shape index (κ2) is 9.04. The van der Waals surface area contributed by atoms with Crippen LogP contribution < -0.4 is 10.6 Å². The van der Waals surface area contributed by atoms with Gasteiger partial charge >= 0.3 is 0 Å². The van der Waals surface area contributed by atoms with Gasteiger partial charge in [0, 0.05) is 26.7 Å². The van der Waals surface area contributed by atoms with Crippen molar-refractivity contribution in [2.45, 2.75) is 17.5 Å². The van der Waals surface area contributed by atoms with E-state index in [1.54, 1.807) is 35.6 Å². The molecule has 29 heavy (non-hydrogen) atoms. The van der Waals surface area contributed by atoms with Crippen molar-refractivity contribution in [1.82, 2.24) is 19.9 Å². The maximum Gasteiger partial charge on any atom is 0.210 e. The van der Waals surface area contributed by atoms with Gasteiger partial charge in [-0.15, -0.1) is 21.5 Å². The van der Waals surface area contributed by atoms with Gasteiger partial charge in [0.25, 0.3) is 0 Å². The highest BCUT2D eigenvalue weighted by Crippen LogP contribution is 2.26. The summed E-state index contributed by atoms with van der Waals surface area (Å²) in [5, 5.41) is 13.1. The summed E-state index contributed by atoms with van der Waals surface area (Å²) in [5.74, 6) is 8.10. The van der Waals surface area contributed by atoms with Crippen molar-refractivity contribution in [1.29, 1.82) is 0 Å². The smallest absolute Gasteiger partial charge is 0.210 e. The molecule has 0 aliphatic rings. The van der Waals surface area contributed by atoms with E-state index >= 15 is 0 Å². The molecule has 148 valence electrons. The van der Waals surface area contributed by atoms with E-state index in [-0.39, 0.29) is 0 Å². The number of rotatable bonds is 7. The molecule has 4 rings (SSSR count). The molecule has 2 aromatic heterocycles. The van der Waals surface area contributed by atoms with Crippen molar-refractivity contribution < 1.29 is 4.74 Å². The number of hydrogen-bond donors (Lipinski definition) is 1. The fourth-order valence-electron chi connectivity index (χ4n) is 2.50. The molecule has 2 heterocycles. The van der Waals surface area contributed by atoms with E-state index in [2.05, 4.69) is 15.2 Å². The molecule has 10 heteroatoms. The summed E-state index contributed by atoms with van der Waals surface area (Å²) in [6.07, 6.45) is 0. The van der Waals surface area contributed by atoms with Crippen LogP contribution in [-0.2, 0) is 12.4 Å². The zero-order valence-electron chi connectivity index (χ0n) is 15.0. The van der Waals surface area contributed by atoms with E-state index in [0.29, 0.717) is 33.4 Å². The molecule has 0 amide bonds. The van der Waals surface area contributed by atoms with Gasteiger partial charge in [0.1, 0.15) is 17.4 Å². The number of nitrogens with two attached hydrogens (primary N) is 1. The highest BCUT2D eigenvalue weighted by molar-refractivity contribution is 7.98. The van der Waals surface area contributed by atoms with Gasteiger partial charge in [-0.3, -0.25) is 0 Å². The van der Waals surface area contributed by atoms with Gasteiger partial charge in [0.2, 0.25) is 5.16 Å². The molecular formula is C19H15Cl2N5OS2. The number of thioether (sulfide) groups is 1. The van der Waals surface area contributed by atoms with E-state index in [4.69, 9.17) is 33.8 Å². The van der Waals surface area contributed by atoms with Crippen molar-refractivity contribution in [2.75, 3.05) is 5.84 Å². The summed E-state index contributed by atoms with van der Waals surface area (Å²) >= 11 is 14.9. The average molecular weight is 464 g/mol. The first-order chi connectivity index (χ1) is 14.1. The molecule has 2 N–H and O–H groups in total. The molecule has 0 saturated heterocycles. The highest BCUT2D eigenvalue weighted by Gasteiger charge is 2.13. The van der Waals surface area contributed by atoms with E-state index in [9.17, 15) is 0 Å². The first-order valence-electron chi connectivity index (χ1n) is 8.49. The summed E-state index contributed by atoms with van der Waals surface area (Å²) in [6.45, 7) is 0.406. The standard InChI is InChI=1S/C19H15Cl2N5OS2/c20-13-4-6-16(7-5-13)27-9-17-23-15(10-28-17)11-29-19-25-24-18(26(19)22)12-2-1-3-14(21)8-12/h1-8,10H,9,11,22H2. The number of thiazole rings is 1. The third-order valence-electron chi connectivity index (χ3n) is 3.87. The second-order valence-electron chi connectivity index (χ2n) is 5.95. The molecule has 4 aromatic rings. The summed E-state index contributed by atoms with van der Waals surface area (Å²) in [5.41, 5.74) is 1.75. The zero-order chi connectivity index (χ0) is 20.2. The first kappa shape index (κ1) is 20.0. The maximum atomic E-state index is 6.16. The predicted molar refractivity (Wildman–Crippen MR) is 118 cm³/mol. The van der Waals surface area contributed by atoms with Crippen LogP contribution in [0, 0.1) is 0 Å². The molecule has 0 radical (unpaired) electrons. The van der Waals surface area contributed by atoms with Crippen molar-refractivity contribution in [2.24, 2.45) is 0 Å². The van der Waals surface area contributed by atoms with E-state index in [1.807, 2.05) is 29.6 Å². The number of nitrogens with zero attached hydrogens (tertiary/aromatic N) is 4. The number of aromatic nitrogens is 4. The Morgan fingerprint density at radius 2 is 1.90 bits per heavy atom. The Bertz CT molecular complexity index is 1110. The van der Waals surface area contributed by atoms with Crippen LogP contribution in [-0.4, -0.2) is 19.9 Å². The minimum atomic E-state index is 0.406. The monoisotopic (exact) mass is 463 g/mol. The lowest BCUT2D eigenvalue weighted by atomic mass is 10.2. The SMILES string of the molecule is Nn1c(SCc2csc(COc3ccc(Cl)cc3)n2)nnc1-c1cccc(Cl)c1. The first-order valence-corrected chi connectivity index (χ1v) is 11.1. The van der Waals surface area contributed by atoms with Crippen molar-refractivity contribution in [3.05, 3.63) is 74.7 Å². The van der Waals surface area contributed by atoms with Crippen LogP contribution >= 0.6 is 46.3 Å². The Hall–Kier alpha value is -2.26. The van der Waals surface area contributed by atoms with Gasteiger partial charge in [0.15, 0.2) is 5.82 Å². The minimum Gasteiger partial charge on any atom is -0.486 e. The third-order valence-corrected chi connectivity index (χ3v) is 6.21. The van der Waals surface area contributed by atoms with Crippen LogP contribution in [0.3, 0.4) is 0 Å². The fourth-order valence-corrected chi connectivity index (χ4v) is 4.37. The molecule has 0 aliphatic heterocycles. The summed E-state index contributed by atoms with van der Waals surface area (Å²) in [7, 11) is 0. The van der Waals surface area contributed by atoms with Crippen LogP contribution in [0.2, 0.25) is 10.0 Å². The Morgan fingerprint density at radius 1 is 1.07 bits per heavy atom. The van der Waals surface area contributed by atoms with Crippen LogP contribution in [0.1, 0.15) is 10.7 Å². The van der Waals surface area contributed by atoms with E-state index < -0.39 is 0 Å². The van der Waals surface area contributed by atoms with Gasteiger partial charge in [-0.05, 0) is 36.4 Å². The zero-order valence-corrected chi connectivity index (χ0v) is 18.1. The molecule has 0 fully saturated rings. The molecule has 0 spiro atoms. The van der Waals surface area contributed by atoms with Crippen LogP contribution in [0.5, 0.6) is 5.75 Å². The van der Waals surface area contributed by atoms with Gasteiger partial charge < -0.3 is 10.6 Å². The second-order valence-corrected chi connectivity index (χ2v) is 8.71. The fraction of sp³-hybridized carbons (Fsp3) is 0.105. The molecule has 0 unspecified atom stereocenters. The molecule has 2 aromatic carbocycles. The third kappa shape index (κ3) is 5.02. The molecule has 0 atom stereocenters. The molecule has 0 bridgehead atoms.